The molecule has 0 saturated heterocycles. The van der Waals surface area contributed by atoms with E-state index in [1.54, 1.807) is 0 Å². The van der Waals surface area contributed by atoms with E-state index in [4.69, 9.17) is 5.73 Å². The van der Waals surface area contributed by atoms with Crippen LogP contribution in [-0.4, -0.2) is 12.3 Å². The zero-order valence-corrected chi connectivity index (χ0v) is 8.79. The van der Waals surface area contributed by atoms with Crippen molar-refractivity contribution in [2.45, 2.75) is 20.3 Å². The lowest BCUT2D eigenvalue weighted by Crippen LogP contribution is -2.15. The van der Waals surface area contributed by atoms with E-state index in [0.717, 1.165) is 12.0 Å². The molecule has 2 N–H and O–H groups in total. The van der Waals surface area contributed by atoms with Gasteiger partial charge in [-0.1, -0.05) is 36.8 Å². The first-order chi connectivity index (χ1) is 6.65. The van der Waals surface area contributed by atoms with Crippen LogP contribution in [0.2, 0.25) is 0 Å². The zero-order valence-electron chi connectivity index (χ0n) is 8.79. The Morgan fingerprint density at radius 1 is 1.36 bits per heavy atom. The van der Waals surface area contributed by atoms with Crippen molar-refractivity contribution in [3.05, 3.63) is 35.4 Å². The van der Waals surface area contributed by atoms with Gasteiger partial charge in [-0.15, -0.1) is 0 Å². The van der Waals surface area contributed by atoms with Gasteiger partial charge in [-0.05, 0) is 19.9 Å². The molecule has 1 unspecified atom stereocenters. The molecule has 0 heterocycles. The van der Waals surface area contributed by atoms with Gasteiger partial charge in [0.15, 0.2) is 5.78 Å². The molecule has 0 amide bonds. The molecule has 1 rings (SSSR count). The monoisotopic (exact) mass is 191 g/mol. The molecule has 14 heavy (non-hydrogen) atoms. The molecule has 2 nitrogen and oxygen atoms in total. The van der Waals surface area contributed by atoms with Crippen LogP contribution in [0.15, 0.2) is 24.3 Å². The van der Waals surface area contributed by atoms with Gasteiger partial charge in [0, 0.05) is 11.5 Å². The molecule has 1 aromatic rings. The van der Waals surface area contributed by atoms with Gasteiger partial charge in [0.25, 0.3) is 0 Å². The Balaban J connectivity index is 2.74. The van der Waals surface area contributed by atoms with E-state index in [9.17, 15) is 4.79 Å². The van der Waals surface area contributed by atoms with Gasteiger partial charge < -0.3 is 5.73 Å². The Labute approximate surface area is 85.1 Å². The van der Waals surface area contributed by atoms with E-state index in [1.807, 2.05) is 38.1 Å². The van der Waals surface area contributed by atoms with Crippen LogP contribution in [0.3, 0.4) is 0 Å². The molecule has 0 bridgehead atoms. The maximum absolute atomic E-state index is 11.8. The molecule has 1 aromatic carbocycles. The van der Waals surface area contributed by atoms with Crippen LogP contribution < -0.4 is 5.73 Å². The number of hydrogen-bond donors (Lipinski definition) is 1. The van der Waals surface area contributed by atoms with Crippen LogP contribution in [0.25, 0.3) is 0 Å². The number of carbonyl (C=O) groups is 1. The van der Waals surface area contributed by atoms with E-state index in [2.05, 4.69) is 0 Å². The van der Waals surface area contributed by atoms with Crippen LogP contribution in [0.4, 0.5) is 0 Å². The third kappa shape index (κ3) is 2.67. The van der Waals surface area contributed by atoms with Crippen molar-refractivity contribution < 1.29 is 4.79 Å². The van der Waals surface area contributed by atoms with Crippen LogP contribution >= 0.6 is 0 Å². The van der Waals surface area contributed by atoms with Gasteiger partial charge in [-0.2, -0.15) is 0 Å². The first-order valence-corrected chi connectivity index (χ1v) is 4.96. The van der Waals surface area contributed by atoms with Crippen LogP contribution in [0.5, 0.6) is 0 Å². The average molecular weight is 191 g/mol. The molecule has 0 fully saturated rings. The van der Waals surface area contributed by atoms with Gasteiger partial charge in [-0.3, -0.25) is 4.79 Å². The quantitative estimate of drug-likeness (QED) is 0.741. The Morgan fingerprint density at radius 2 is 1.93 bits per heavy atom. The molecule has 0 aliphatic rings. The van der Waals surface area contributed by atoms with Gasteiger partial charge >= 0.3 is 0 Å². The van der Waals surface area contributed by atoms with Crippen molar-refractivity contribution in [1.82, 2.24) is 0 Å². The molecular formula is C12H17NO. The van der Waals surface area contributed by atoms with Gasteiger partial charge in [-0.25, -0.2) is 0 Å². The molecule has 0 spiro atoms. The SMILES string of the molecule is Cc1ccc(C(=O)C(C)CCN)cc1. The Hall–Kier alpha value is -1.15. The second-order valence-electron chi connectivity index (χ2n) is 3.71. The summed E-state index contributed by atoms with van der Waals surface area (Å²) in [5.41, 5.74) is 7.38. The van der Waals surface area contributed by atoms with Crippen molar-refractivity contribution in [2.75, 3.05) is 6.54 Å². The minimum Gasteiger partial charge on any atom is -0.330 e. The van der Waals surface area contributed by atoms with E-state index in [1.165, 1.54) is 5.56 Å². The zero-order chi connectivity index (χ0) is 10.6. The van der Waals surface area contributed by atoms with Crippen molar-refractivity contribution in [1.29, 1.82) is 0 Å². The third-order valence-corrected chi connectivity index (χ3v) is 2.38. The lowest BCUT2D eigenvalue weighted by Gasteiger charge is -2.08. The predicted octanol–water partition coefficient (Wildman–Crippen LogP) is 2.16. The highest BCUT2D eigenvalue weighted by molar-refractivity contribution is 5.97. The molecule has 0 aliphatic heterocycles. The fourth-order valence-electron chi connectivity index (χ4n) is 1.38. The fourth-order valence-corrected chi connectivity index (χ4v) is 1.38. The first kappa shape index (κ1) is 10.9. The molecular weight excluding hydrogens is 174 g/mol. The summed E-state index contributed by atoms with van der Waals surface area (Å²) in [6.07, 6.45) is 0.757. The minimum absolute atomic E-state index is 0.0303. The molecule has 2 heteroatoms. The second-order valence-corrected chi connectivity index (χ2v) is 3.71. The standard InChI is InChI=1S/C12H17NO/c1-9-3-5-11(6-4-9)12(14)10(2)7-8-13/h3-6,10H,7-8,13H2,1-2H3. The Kier molecular flexibility index (Phi) is 3.84. The number of hydrogen-bond acceptors (Lipinski definition) is 2. The van der Waals surface area contributed by atoms with E-state index in [-0.39, 0.29) is 11.7 Å². The number of nitrogens with two attached hydrogens (primary N) is 1. The van der Waals surface area contributed by atoms with Crippen molar-refractivity contribution in [3.8, 4) is 0 Å². The number of rotatable bonds is 4. The number of Topliss-reactive ketones (excluding diaryl/α,β-unsaturated/α-hetero) is 1. The summed E-state index contributed by atoms with van der Waals surface area (Å²) in [6.45, 7) is 4.51. The average Bonchev–Trinajstić information content (AvgIpc) is 2.18. The van der Waals surface area contributed by atoms with E-state index >= 15 is 0 Å². The number of carbonyl (C=O) groups excluding carboxylic acids is 1. The summed E-state index contributed by atoms with van der Waals surface area (Å²) in [5, 5.41) is 0. The third-order valence-electron chi connectivity index (χ3n) is 2.38. The number of aryl methyl sites for hydroxylation is 1. The summed E-state index contributed by atoms with van der Waals surface area (Å²) in [6, 6.07) is 7.68. The van der Waals surface area contributed by atoms with E-state index < -0.39 is 0 Å². The highest BCUT2D eigenvalue weighted by Crippen LogP contribution is 2.12. The van der Waals surface area contributed by atoms with Crippen molar-refractivity contribution in [2.24, 2.45) is 11.7 Å². The number of ketones is 1. The van der Waals surface area contributed by atoms with Gasteiger partial charge in [0.2, 0.25) is 0 Å². The molecule has 0 radical (unpaired) electrons. The summed E-state index contributed by atoms with van der Waals surface area (Å²) >= 11 is 0. The molecule has 0 saturated carbocycles. The summed E-state index contributed by atoms with van der Waals surface area (Å²) < 4.78 is 0. The number of benzene rings is 1. The topological polar surface area (TPSA) is 43.1 Å². The molecule has 76 valence electrons. The normalized spacial score (nSPS) is 12.5. The van der Waals surface area contributed by atoms with Crippen molar-refractivity contribution in [3.63, 3.8) is 0 Å². The second kappa shape index (κ2) is 4.91. The summed E-state index contributed by atoms with van der Waals surface area (Å²) in [7, 11) is 0. The Bertz CT molecular complexity index is 303. The van der Waals surface area contributed by atoms with Crippen LogP contribution in [0.1, 0.15) is 29.3 Å². The highest BCUT2D eigenvalue weighted by atomic mass is 16.1. The van der Waals surface area contributed by atoms with Gasteiger partial charge in [0.05, 0.1) is 0 Å². The Morgan fingerprint density at radius 3 is 2.43 bits per heavy atom. The maximum Gasteiger partial charge on any atom is 0.165 e. The highest BCUT2D eigenvalue weighted by Gasteiger charge is 2.13. The first-order valence-electron chi connectivity index (χ1n) is 4.96. The van der Waals surface area contributed by atoms with Gasteiger partial charge in [0.1, 0.15) is 0 Å². The van der Waals surface area contributed by atoms with E-state index in [0.29, 0.717) is 6.54 Å². The molecule has 0 aliphatic carbocycles. The molecule has 0 aromatic heterocycles. The van der Waals surface area contributed by atoms with Crippen LogP contribution in [0, 0.1) is 12.8 Å². The maximum atomic E-state index is 11.8. The minimum atomic E-state index is 0.0303. The lowest BCUT2D eigenvalue weighted by atomic mass is 9.96. The van der Waals surface area contributed by atoms with Crippen LogP contribution in [-0.2, 0) is 0 Å². The summed E-state index contributed by atoms with van der Waals surface area (Å²) in [4.78, 5) is 11.8. The summed E-state index contributed by atoms with van der Waals surface area (Å²) in [5.74, 6) is 0.221. The smallest absolute Gasteiger partial charge is 0.165 e. The lowest BCUT2D eigenvalue weighted by molar-refractivity contribution is 0.0925. The molecule has 1 atom stereocenters. The largest absolute Gasteiger partial charge is 0.330 e. The predicted molar refractivity (Wildman–Crippen MR) is 58.3 cm³/mol. The fraction of sp³-hybridized carbons (Fsp3) is 0.417. The van der Waals surface area contributed by atoms with Crippen molar-refractivity contribution >= 4 is 5.78 Å².